The Morgan fingerprint density at radius 3 is 2.60 bits per heavy atom. The van der Waals surface area contributed by atoms with Gasteiger partial charge in [0.25, 0.3) is 0 Å². The number of aromatic nitrogens is 3. The van der Waals surface area contributed by atoms with Crippen LogP contribution in [0.25, 0.3) is 5.69 Å². The normalized spacial score (nSPS) is 10.9. The number of benzene rings is 1. The summed E-state index contributed by atoms with van der Waals surface area (Å²) in [5.74, 6) is 0. The zero-order chi connectivity index (χ0) is 10.7. The van der Waals surface area contributed by atoms with Crippen LogP contribution in [0, 0.1) is 0 Å². The van der Waals surface area contributed by atoms with Gasteiger partial charge >= 0.3 is 0 Å². The maximum absolute atomic E-state index is 4.11. The summed E-state index contributed by atoms with van der Waals surface area (Å²) in [5.41, 5.74) is 1.10. The Bertz CT molecular complexity index is 422. The molecule has 0 fully saturated rings. The highest BCUT2D eigenvalue weighted by Gasteiger charge is 2.07. The quantitative estimate of drug-likeness (QED) is 0.744. The molecule has 0 saturated heterocycles. The van der Waals surface area contributed by atoms with Crippen LogP contribution in [0.2, 0.25) is 0 Å². The first-order chi connectivity index (χ1) is 7.27. The third kappa shape index (κ3) is 2.39. The largest absolute Gasteiger partial charge is 0.277 e. The molecular weight excluding hydrogens is 206 g/mol. The molecule has 0 aliphatic carbocycles. The van der Waals surface area contributed by atoms with E-state index in [2.05, 4.69) is 24.0 Å². The Balaban J connectivity index is 2.33. The second-order valence-corrected chi connectivity index (χ2v) is 5.03. The maximum atomic E-state index is 4.11. The summed E-state index contributed by atoms with van der Waals surface area (Å²) in [7, 11) is 0. The van der Waals surface area contributed by atoms with Gasteiger partial charge in [-0.15, -0.1) is 10.2 Å². The summed E-state index contributed by atoms with van der Waals surface area (Å²) in [4.78, 5) is 0. The van der Waals surface area contributed by atoms with E-state index in [0.717, 1.165) is 10.8 Å². The molecule has 4 heteroatoms. The van der Waals surface area contributed by atoms with E-state index in [0.29, 0.717) is 5.25 Å². The van der Waals surface area contributed by atoms with Crippen molar-refractivity contribution in [3.63, 3.8) is 0 Å². The third-order valence-corrected chi connectivity index (χ3v) is 2.85. The minimum atomic E-state index is 0.511. The molecule has 0 N–H and O–H groups in total. The molecule has 0 amide bonds. The topological polar surface area (TPSA) is 30.7 Å². The zero-order valence-corrected chi connectivity index (χ0v) is 9.61. The Labute approximate surface area is 93.5 Å². The Hall–Kier alpha value is -1.29. The van der Waals surface area contributed by atoms with Gasteiger partial charge in [-0.25, -0.2) is 0 Å². The van der Waals surface area contributed by atoms with Gasteiger partial charge in [-0.1, -0.05) is 43.8 Å². The number of rotatable bonds is 3. The van der Waals surface area contributed by atoms with Gasteiger partial charge in [-0.3, -0.25) is 4.57 Å². The van der Waals surface area contributed by atoms with Crippen molar-refractivity contribution in [2.75, 3.05) is 0 Å². The summed E-state index contributed by atoms with van der Waals surface area (Å²) in [5, 5.41) is 9.50. The van der Waals surface area contributed by atoms with Crippen molar-refractivity contribution in [2.45, 2.75) is 24.3 Å². The third-order valence-electron chi connectivity index (χ3n) is 1.89. The monoisotopic (exact) mass is 219 g/mol. The van der Waals surface area contributed by atoms with Gasteiger partial charge in [0, 0.05) is 10.9 Å². The Morgan fingerprint density at radius 1 is 1.20 bits per heavy atom. The SMILES string of the molecule is CC(C)Sc1nncn1-c1ccccc1. The van der Waals surface area contributed by atoms with Gasteiger partial charge < -0.3 is 0 Å². The van der Waals surface area contributed by atoms with Crippen molar-refractivity contribution in [1.29, 1.82) is 0 Å². The van der Waals surface area contributed by atoms with Gasteiger partial charge in [0.05, 0.1) is 0 Å². The van der Waals surface area contributed by atoms with E-state index in [9.17, 15) is 0 Å². The lowest BCUT2D eigenvalue weighted by Crippen LogP contribution is -1.97. The predicted octanol–water partition coefficient (Wildman–Crippen LogP) is 2.77. The van der Waals surface area contributed by atoms with Crippen LogP contribution in [0.4, 0.5) is 0 Å². The zero-order valence-electron chi connectivity index (χ0n) is 8.79. The van der Waals surface area contributed by atoms with Crippen LogP contribution < -0.4 is 0 Å². The lowest BCUT2D eigenvalue weighted by Gasteiger charge is -2.07. The number of hydrogen-bond donors (Lipinski definition) is 0. The fraction of sp³-hybridized carbons (Fsp3) is 0.273. The molecule has 15 heavy (non-hydrogen) atoms. The summed E-state index contributed by atoms with van der Waals surface area (Å²) in [6, 6.07) is 10.1. The first-order valence-corrected chi connectivity index (χ1v) is 5.77. The van der Waals surface area contributed by atoms with Crippen molar-refractivity contribution in [3.8, 4) is 5.69 Å². The molecule has 2 rings (SSSR count). The molecule has 1 heterocycles. The molecule has 1 aromatic carbocycles. The summed E-state index contributed by atoms with van der Waals surface area (Å²) in [6.07, 6.45) is 1.75. The second kappa shape index (κ2) is 4.49. The van der Waals surface area contributed by atoms with E-state index >= 15 is 0 Å². The van der Waals surface area contributed by atoms with Gasteiger partial charge in [-0.2, -0.15) is 0 Å². The molecule has 0 aliphatic rings. The fourth-order valence-corrected chi connectivity index (χ4v) is 2.06. The highest BCUT2D eigenvalue weighted by atomic mass is 32.2. The van der Waals surface area contributed by atoms with Gasteiger partial charge in [0.15, 0.2) is 5.16 Å². The number of nitrogens with zero attached hydrogens (tertiary/aromatic N) is 3. The van der Waals surface area contributed by atoms with E-state index in [1.54, 1.807) is 18.1 Å². The molecule has 0 spiro atoms. The number of hydrogen-bond acceptors (Lipinski definition) is 3. The van der Waals surface area contributed by atoms with Crippen molar-refractivity contribution in [1.82, 2.24) is 14.8 Å². The van der Waals surface area contributed by atoms with Crippen molar-refractivity contribution in [3.05, 3.63) is 36.7 Å². The van der Waals surface area contributed by atoms with Crippen LogP contribution in [0.15, 0.2) is 41.8 Å². The smallest absolute Gasteiger partial charge is 0.195 e. The maximum Gasteiger partial charge on any atom is 0.195 e. The van der Waals surface area contributed by atoms with Gasteiger partial charge in [-0.05, 0) is 12.1 Å². The van der Waals surface area contributed by atoms with Gasteiger partial charge in [0.1, 0.15) is 6.33 Å². The summed E-state index contributed by atoms with van der Waals surface area (Å²) in [6.45, 7) is 4.30. The van der Waals surface area contributed by atoms with Crippen LogP contribution in [0.5, 0.6) is 0 Å². The summed E-state index contributed by atoms with van der Waals surface area (Å²) < 4.78 is 2.00. The van der Waals surface area contributed by atoms with Crippen LogP contribution in [-0.2, 0) is 0 Å². The minimum Gasteiger partial charge on any atom is -0.277 e. The van der Waals surface area contributed by atoms with Crippen molar-refractivity contribution >= 4 is 11.8 Å². The number of thioether (sulfide) groups is 1. The predicted molar refractivity (Wildman–Crippen MR) is 62.4 cm³/mol. The Morgan fingerprint density at radius 2 is 1.93 bits per heavy atom. The fourth-order valence-electron chi connectivity index (χ4n) is 1.28. The molecule has 1 aromatic heterocycles. The molecule has 0 radical (unpaired) electrons. The van der Waals surface area contributed by atoms with Crippen LogP contribution >= 0.6 is 11.8 Å². The van der Waals surface area contributed by atoms with Crippen LogP contribution in [-0.4, -0.2) is 20.0 Å². The Kier molecular flexibility index (Phi) is 3.06. The average Bonchev–Trinajstić information content (AvgIpc) is 2.66. The van der Waals surface area contributed by atoms with E-state index in [-0.39, 0.29) is 0 Å². The first-order valence-electron chi connectivity index (χ1n) is 4.89. The number of para-hydroxylation sites is 1. The molecule has 0 atom stereocenters. The molecule has 0 saturated carbocycles. The molecular formula is C11H13N3S. The lowest BCUT2D eigenvalue weighted by atomic mass is 10.3. The average molecular weight is 219 g/mol. The molecule has 0 bridgehead atoms. The van der Waals surface area contributed by atoms with Gasteiger partial charge in [0.2, 0.25) is 0 Å². The summed E-state index contributed by atoms with van der Waals surface area (Å²) >= 11 is 1.72. The minimum absolute atomic E-state index is 0.511. The van der Waals surface area contributed by atoms with Crippen molar-refractivity contribution < 1.29 is 0 Å². The second-order valence-electron chi connectivity index (χ2n) is 3.49. The standard InChI is InChI=1S/C11H13N3S/c1-9(2)15-11-13-12-8-14(11)10-6-4-3-5-7-10/h3-9H,1-2H3. The van der Waals surface area contributed by atoms with E-state index in [1.165, 1.54) is 0 Å². The molecule has 78 valence electrons. The van der Waals surface area contributed by atoms with E-state index in [1.807, 2.05) is 34.9 Å². The van der Waals surface area contributed by atoms with Crippen LogP contribution in [0.3, 0.4) is 0 Å². The highest BCUT2D eigenvalue weighted by molar-refractivity contribution is 7.99. The molecule has 2 aromatic rings. The molecule has 0 aliphatic heterocycles. The van der Waals surface area contributed by atoms with Crippen LogP contribution in [0.1, 0.15) is 13.8 Å². The highest BCUT2D eigenvalue weighted by Crippen LogP contribution is 2.22. The first kappa shape index (κ1) is 10.2. The van der Waals surface area contributed by atoms with Crippen molar-refractivity contribution in [2.24, 2.45) is 0 Å². The lowest BCUT2D eigenvalue weighted by molar-refractivity contribution is 0.877. The molecule has 3 nitrogen and oxygen atoms in total. The van der Waals surface area contributed by atoms with E-state index in [4.69, 9.17) is 0 Å². The molecule has 0 unspecified atom stereocenters. The van der Waals surface area contributed by atoms with E-state index < -0.39 is 0 Å².